The number of carbonyl (C=O) groups excluding carboxylic acids is 1. The summed E-state index contributed by atoms with van der Waals surface area (Å²) in [4.78, 5) is 19.9. The van der Waals surface area contributed by atoms with E-state index in [-0.39, 0.29) is 12.5 Å². The van der Waals surface area contributed by atoms with Crippen LogP contribution in [0.5, 0.6) is 11.5 Å². The topological polar surface area (TPSA) is 100 Å². The first kappa shape index (κ1) is 21.9. The molecule has 0 fully saturated rings. The maximum atomic E-state index is 12.2. The van der Waals surface area contributed by atoms with Crippen molar-refractivity contribution in [1.82, 2.24) is 9.97 Å². The molecule has 3 aromatic carbocycles. The van der Waals surface area contributed by atoms with Crippen LogP contribution in [-0.2, 0) is 4.79 Å². The number of aromatic amines is 1. The Morgan fingerprint density at radius 2 is 1.94 bits per heavy atom. The lowest BCUT2D eigenvalue weighted by Gasteiger charge is -2.12. The quantitative estimate of drug-likeness (QED) is 0.366. The van der Waals surface area contributed by atoms with Crippen LogP contribution >= 0.6 is 11.6 Å². The molecule has 0 aliphatic heterocycles. The minimum absolute atomic E-state index is 0.223. The van der Waals surface area contributed by atoms with E-state index < -0.39 is 0 Å². The molecule has 0 aliphatic rings. The van der Waals surface area contributed by atoms with Gasteiger partial charge in [-0.25, -0.2) is 4.98 Å². The van der Waals surface area contributed by atoms with Gasteiger partial charge >= 0.3 is 0 Å². The molecule has 0 saturated carbocycles. The van der Waals surface area contributed by atoms with Crippen LogP contribution in [0.15, 0.2) is 66.7 Å². The van der Waals surface area contributed by atoms with Crippen molar-refractivity contribution in [3.63, 3.8) is 0 Å². The standard InChI is InChI=1S/C25H19ClN4O3/c1-32-23-13-16(12-17(14-27)25-29-20-8-4-5-9-21(20)30-25)10-11-22(23)33-15-24(31)28-19-7-3-2-6-18(19)26/h2-13H,15H2,1H3,(H,28,31)(H,29,30)/b17-12+. The summed E-state index contributed by atoms with van der Waals surface area (Å²) in [6.45, 7) is -0.223. The molecule has 8 heteroatoms. The molecular weight excluding hydrogens is 440 g/mol. The molecule has 7 nitrogen and oxygen atoms in total. The highest BCUT2D eigenvalue weighted by Gasteiger charge is 2.12. The normalized spacial score (nSPS) is 11.1. The highest BCUT2D eigenvalue weighted by atomic mass is 35.5. The second kappa shape index (κ2) is 9.90. The van der Waals surface area contributed by atoms with Gasteiger partial charge in [0, 0.05) is 0 Å². The fraction of sp³-hybridized carbons (Fsp3) is 0.0800. The minimum Gasteiger partial charge on any atom is -0.493 e. The summed E-state index contributed by atoms with van der Waals surface area (Å²) in [7, 11) is 1.50. The molecular formula is C25H19ClN4O3. The third-order valence-corrected chi connectivity index (χ3v) is 5.10. The molecule has 4 rings (SSSR count). The molecule has 0 unspecified atom stereocenters. The van der Waals surface area contributed by atoms with Gasteiger partial charge in [0.2, 0.25) is 0 Å². The number of nitrogens with zero attached hydrogens (tertiary/aromatic N) is 2. The van der Waals surface area contributed by atoms with E-state index in [4.69, 9.17) is 21.1 Å². The number of H-pyrrole nitrogens is 1. The molecule has 0 saturated heterocycles. The second-order valence-electron chi connectivity index (χ2n) is 7.00. The van der Waals surface area contributed by atoms with E-state index in [9.17, 15) is 10.1 Å². The largest absolute Gasteiger partial charge is 0.493 e. The van der Waals surface area contributed by atoms with Crippen molar-refractivity contribution in [2.45, 2.75) is 0 Å². The highest BCUT2D eigenvalue weighted by Crippen LogP contribution is 2.30. The van der Waals surface area contributed by atoms with Crippen LogP contribution < -0.4 is 14.8 Å². The predicted octanol–water partition coefficient (Wildman–Crippen LogP) is 5.31. The Morgan fingerprint density at radius 3 is 2.70 bits per heavy atom. The van der Waals surface area contributed by atoms with Crippen LogP contribution in [-0.4, -0.2) is 29.6 Å². The van der Waals surface area contributed by atoms with E-state index in [2.05, 4.69) is 21.4 Å². The molecule has 0 spiro atoms. The first-order chi connectivity index (χ1) is 16.1. The fourth-order valence-corrected chi connectivity index (χ4v) is 3.37. The average Bonchev–Trinajstić information content (AvgIpc) is 3.27. The number of fused-ring (bicyclic) bond motifs is 1. The van der Waals surface area contributed by atoms with Crippen molar-refractivity contribution in [2.24, 2.45) is 0 Å². The van der Waals surface area contributed by atoms with Crippen LogP contribution in [0.4, 0.5) is 5.69 Å². The smallest absolute Gasteiger partial charge is 0.262 e. The van der Waals surface area contributed by atoms with Crippen LogP contribution in [0.3, 0.4) is 0 Å². The molecule has 2 N–H and O–H groups in total. The summed E-state index contributed by atoms with van der Waals surface area (Å²) in [5.74, 6) is 0.947. The summed E-state index contributed by atoms with van der Waals surface area (Å²) in [6, 6.07) is 21.9. The summed E-state index contributed by atoms with van der Waals surface area (Å²) < 4.78 is 11.0. The van der Waals surface area contributed by atoms with Gasteiger partial charge in [-0.3, -0.25) is 4.79 Å². The Labute approximate surface area is 195 Å². The molecule has 33 heavy (non-hydrogen) atoms. The van der Waals surface area contributed by atoms with Gasteiger partial charge in [-0.1, -0.05) is 41.9 Å². The number of rotatable bonds is 7. The van der Waals surface area contributed by atoms with Crippen molar-refractivity contribution >= 4 is 45.9 Å². The molecule has 0 radical (unpaired) electrons. The van der Waals surface area contributed by atoms with Gasteiger partial charge in [-0.05, 0) is 48.0 Å². The molecule has 0 aliphatic carbocycles. The third kappa shape index (κ3) is 5.14. The lowest BCUT2D eigenvalue weighted by molar-refractivity contribution is -0.118. The number of methoxy groups -OCH3 is 1. The van der Waals surface area contributed by atoms with Crippen LogP contribution in [0.25, 0.3) is 22.7 Å². The van der Waals surface area contributed by atoms with Crippen molar-refractivity contribution < 1.29 is 14.3 Å². The van der Waals surface area contributed by atoms with Gasteiger partial charge in [-0.2, -0.15) is 5.26 Å². The van der Waals surface area contributed by atoms with Crippen molar-refractivity contribution in [3.05, 3.63) is 83.1 Å². The Bertz CT molecular complexity index is 1350. The Kier molecular flexibility index (Phi) is 6.58. The maximum absolute atomic E-state index is 12.2. The van der Waals surface area contributed by atoms with E-state index in [1.807, 2.05) is 24.3 Å². The number of para-hydroxylation sites is 3. The van der Waals surface area contributed by atoms with E-state index >= 15 is 0 Å². The number of nitriles is 1. The zero-order chi connectivity index (χ0) is 23.2. The summed E-state index contributed by atoms with van der Waals surface area (Å²) >= 11 is 6.06. The first-order valence-electron chi connectivity index (χ1n) is 9.99. The number of ether oxygens (including phenoxy) is 2. The zero-order valence-electron chi connectivity index (χ0n) is 17.6. The number of nitrogens with one attached hydrogen (secondary N) is 2. The number of aromatic nitrogens is 2. The Balaban J connectivity index is 1.49. The number of amides is 1. The maximum Gasteiger partial charge on any atom is 0.262 e. The lowest BCUT2D eigenvalue weighted by atomic mass is 10.1. The van der Waals surface area contributed by atoms with Crippen molar-refractivity contribution in [3.8, 4) is 17.6 Å². The van der Waals surface area contributed by atoms with Gasteiger partial charge in [0.05, 0.1) is 34.4 Å². The van der Waals surface area contributed by atoms with Crippen molar-refractivity contribution in [2.75, 3.05) is 19.0 Å². The number of imidazole rings is 1. The number of benzene rings is 3. The zero-order valence-corrected chi connectivity index (χ0v) is 18.4. The number of allylic oxidation sites excluding steroid dienone is 1. The monoisotopic (exact) mass is 458 g/mol. The van der Waals surface area contributed by atoms with Gasteiger partial charge in [0.15, 0.2) is 18.1 Å². The molecule has 1 heterocycles. The van der Waals surface area contributed by atoms with E-state index in [1.165, 1.54) is 7.11 Å². The molecule has 164 valence electrons. The summed E-state index contributed by atoms with van der Waals surface area (Å²) in [5, 5.41) is 12.8. The van der Waals surface area contributed by atoms with Gasteiger partial charge in [0.25, 0.3) is 5.91 Å². The minimum atomic E-state index is -0.356. The third-order valence-electron chi connectivity index (χ3n) is 4.77. The molecule has 0 atom stereocenters. The first-order valence-corrected chi connectivity index (χ1v) is 10.4. The fourth-order valence-electron chi connectivity index (χ4n) is 3.19. The summed E-state index contributed by atoms with van der Waals surface area (Å²) in [5.41, 5.74) is 3.24. The highest BCUT2D eigenvalue weighted by molar-refractivity contribution is 6.33. The van der Waals surface area contributed by atoms with Crippen LogP contribution in [0.2, 0.25) is 5.02 Å². The van der Waals surface area contributed by atoms with Crippen LogP contribution in [0.1, 0.15) is 11.4 Å². The summed E-state index contributed by atoms with van der Waals surface area (Å²) in [6.07, 6.45) is 1.70. The predicted molar refractivity (Wildman–Crippen MR) is 128 cm³/mol. The van der Waals surface area contributed by atoms with Crippen LogP contribution in [0, 0.1) is 11.3 Å². The van der Waals surface area contributed by atoms with E-state index in [0.29, 0.717) is 33.6 Å². The molecule has 0 bridgehead atoms. The second-order valence-corrected chi connectivity index (χ2v) is 7.41. The average molecular weight is 459 g/mol. The lowest BCUT2D eigenvalue weighted by Crippen LogP contribution is -2.20. The van der Waals surface area contributed by atoms with E-state index in [1.54, 1.807) is 48.5 Å². The number of carbonyl (C=O) groups is 1. The Morgan fingerprint density at radius 1 is 1.15 bits per heavy atom. The molecule has 4 aromatic rings. The van der Waals surface area contributed by atoms with Crippen molar-refractivity contribution in [1.29, 1.82) is 5.26 Å². The van der Waals surface area contributed by atoms with E-state index in [0.717, 1.165) is 16.6 Å². The Hall–Kier alpha value is -4.28. The number of anilines is 1. The van der Waals surface area contributed by atoms with Gasteiger partial charge in [-0.15, -0.1) is 0 Å². The number of hydrogen-bond acceptors (Lipinski definition) is 5. The SMILES string of the molecule is COc1cc(/C=C(\C#N)c2nc3ccccc3[nH]2)ccc1OCC(=O)Nc1ccccc1Cl. The molecule has 1 amide bonds. The molecule has 1 aromatic heterocycles. The van der Waals surface area contributed by atoms with Gasteiger partial charge in [0.1, 0.15) is 11.9 Å². The van der Waals surface area contributed by atoms with Gasteiger partial charge < -0.3 is 19.8 Å². The number of hydrogen-bond donors (Lipinski definition) is 2. The number of halogens is 1.